The van der Waals surface area contributed by atoms with Crippen LogP contribution < -0.4 is 4.72 Å². The van der Waals surface area contributed by atoms with E-state index in [1.54, 1.807) is 0 Å². The van der Waals surface area contributed by atoms with Crippen LogP contribution in [0.15, 0.2) is 29.2 Å². The van der Waals surface area contributed by atoms with E-state index in [9.17, 15) is 26.4 Å². The molecular weight excluding hydrogens is 299 g/mol. The van der Waals surface area contributed by atoms with Crippen LogP contribution in [0.5, 0.6) is 0 Å². The van der Waals surface area contributed by atoms with Crippen LogP contribution in [0.25, 0.3) is 0 Å². The number of hydrogen-bond acceptors (Lipinski definition) is 4. The van der Waals surface area contributed by atoms with Gasteiger partial charge in [-0.05, 0) is 18.2 Å². The quantitative estimate of drug-likeness (QED) is 0.837. The van der Waals surface area contributed by atoms with Crippen molar-refractivity contribution < 1.29 is 31.1 Å². The molecule has 0 fully saturated rings. The van der Waals surface area contributed by atoms with E-state index in [4.69, 9.17) is 0 Å². The van der Waals surface area contributed by atoms with Crippen molar-refractivity contribution in [3.63, 3.8) is 0 Å². The number of ether oxygens (including phenoxy) is 1. The van der Waals surface area contributed by atoms with Crippen molar-refractivity contribution in [2.24, 2.45) is 0 Å². The van der Waals surface area contributed by atoms with Crippen molar-refractivity contribution in [2.75, 3.05) is 13.7 Å². The fourth-order valence-corrected chi connectivity index (χ4v) is 2.39. The third kappa shape index (κ3) is 4.49. The minimum Gasteiger partial charge on any atom is -0.469 e. The van der Waals surface area contributed by atoms with Crippen LogP contribution in [0, 0.1) is 0 Å². The molecule has 0 saturated heterocycles. The van der Waals surface area contributed by atoms with Crippen molar-refractivity contribution in [1.82, 2.24) is 4.72 Å². The van der Waals surface area contributed by atoms with Gasteiger partial charge in [0.2, 0.25) is 10.0 Å². The molecule has 0 saturated carbocycles. The van der Waals surface area contributed by atoms with E-state index in [2.05, 4.69) is 4.74 Å². The van der Waals surface area contributed by atoms with Gasteiger partial charge in [0.05, 0.1) is 24.0 Å². The summed E-state index contributed by atoms with van der Waals surface area (Å²) in [5, 5.41) is 0. The molecule has 0 aliphatic rings. The first-order valence-corrected chi connectivity index (χ1v) is 6.89. The third-order valence-electron chi connectivity index (χ3n) is 2.32. The summed E-state index contributed by atoms with van der Waals surface area (Å²) in [5.74, 6) is -0.628. The molecule has 0 amide bonds. The van der Waals surface area contributed by atoms with Crippen molar-refractivity contribution in [3.8, 4) is 0 Å². The Labute approximate surface area is 113 Å². The van der Waals surface area contributed by atoms with Crippen LogP contribution in [-0.2, 0) is 25.7 Å². The van der Waals surface area contributed by atoms with Crippen LogP contribution in [-0.4, -0.2) is 28.0 Å². The number of methoxy groups -OCH3 is 1. The van der Waals surface area contributed by atoms with Gasteiger partial charge in [-0.1, -0.05) is 6.07 Å². The number of esters is 1. The van der Waals surface area contributed by atoms with Crippen LogP contribution in [0.3, 0.4) is 0 Å². The zero-order valence-corrected chi connectivity index (χ0v) is 11.2. The Morgan fingerprint density at radius 2 is 2.00 bits per heavy atom. The smallest absolute Gasteiger partial charge is 0.416 e. The van der Waals surface area contributed by atoms with Gasteiger partial charge in [-0.2, -0.15) is 13.2 Å². The molecule has 1 rings (SSSR count). The Morgan fingerprint density at radius 3 is 2.55 bits per heavy atom. The van der Waals surface area contributed by atoms with E-state index in [1.165, 1.54) is 0 Å². The molecule has 0 unspecified atom stereocenters. The number of sulfonamides is 1. The first-order valence-electron chi connectivity index (χ1n) is 5.40. The highest BCUT2D eigenvalue weighted by atomic mass is 32.2. The highest BCUT2D eigenvalue weighted by molar-refractivity contribution is 7.89. The standard InChI is InChI=1S/C11H12F3NO4S/c1-19-10(16)5-6-15-20(17,18)9-4-2-3-8(7-9)11(12,13)14/h2-4,7,15H,5-6H2,1H3. The topological polar surface area (TPSA) is 72.5 Å². The molecule has 5 nitrogen and oxygen atoms in total. The van der Waals surface area contributed by atoms with Crippen LogP contribution >= 0.6 is 0 Å². The van der Waals surface area contributed by atoms with Gasteiger partial charge < -0.3 is 4.74 Å². The number of carbonyl (C=O) groups excluding carboxylic acids is 1. The van der Waals surface area contributed by atoms with Crippen molar-refractivity contribution in [3.05, 3.63) is 29.8 Å². The SMILES string of the molecule is COC(=O)CCNS(=O)(=O)c1cccc(C(F)(F)F)c1. The summed E-state index contributed by atoms with van der Waals surface area (Å²) in [6.07, 6.45) is -4.84. The van der Waals surface area contributed by atoms with E-state index in [0.29, 0.717) is 6.07 Å². The molecule has 1 aromatic rings. The molecule has 9 heteroatoms. The van der Waals surface area contributed by atoms with Crippen LogP contribution in [0.2, 0.25) is 0 Å². The number of rotatable bonds is 5. The summed E-state index contributed by atoms with van der Waals surface area (Å²) < 4.78 is 67.3. The van der Waals surface area contributed by atoms with Crippen molar-refractivity contribution in [1.29, 1.82) is 0 Å². The average molecular weight is 311 g/mol. The molecule has 0 atom stereocenters. The molecular formula is C11H12F3NO4S. The van der Waals surface area contributed by atoms with E-state index in [1.807, 2.05) is 4.72 Å². The highest BCUT2D eigenvalue weighted by Crippen LogP contribution is 2.30. The fraction of sp³-hybridized carbons (Fsp3) is 0.364. The zero-order valence-electron chi connectivity index (χ0n) is 10.4. The van der Waals surface area contributed by atoms with E-state index >= 15 is 0 Å². The van der Waals surface area contributed by atoms with Crippen LogP contribution in [0.1, 0.15) is 12.0 Å². The summed E-state index contributed by atoms with van der Waals surface area (Å²) in [7, 11) is -2.96. The Kier molecular flexibility index (Phi) is 5.12. The lowest BCUT2D eigenvalue weighted by atomic mass is 10.2. The lowest BCUT2D eigenvalue weighted by Gasteiger charge is -2.10. The summed E-state index contributed by atoms with van der Waals surface area (Å²) in [6.45, 7) is -0.259. The summed E-state index contributed by atoms with van der Waals surface area (Å²) in [4.78, 5) is 10.3. The normalized spacial score (nSPS) is 12.2. The maximum absolute atomic E-state index is 12.5. The maximum atomic E-state index is 12.5. The van der Waals surface area contributed by atoms with E-state index < -0.39 is 32.6 Å². The molecule has 20 heavy (non-hydrogen) atoms. The van der Waals surface area contributed by atoms with Gasteiger partial charge in [0.15, 0.2) is 0 Å². The summed E-state index contributed by atoms with van der Waals surface area (Å²) in [5.41, 5.74) is -1.06. The molecule has 0 aliphatic carbocycles. The predicted octanol–water partition coefficient (Wildman–Crippen LogP) is 1.55. The third-order valence-corrected chi connectivity index (χ3v) is 3.78. The molecule has 0 spiro atoms. The van der Waals surface area contributed by atoms with Gasteiger partial charge in [0.1, 0.15) is 0 Å². The molecule has 0 aliphatic heterocycles. The average Bonchev–Trinajstić information content (AvgIpc) is 2.37. The van der Waals surface area contributed by atoms with E-state index in [-0.39, 0.29) is 13.0 Å². The Morgan fingerprint density at radius 1 is 1.35 bits per heavy atom. The minimum absolute atomic E-state index is 0.214. The second kappa shape index (κ2) is 6.23. The molecule has 0 radical (unpaired) electrons. The summed E-state index contributed by atoms with van der Waals surface area (Å²) in [6, 6.07) is 3.33. The molecule has 112 valence electrons. The van der Waals surface area contributed by atoms with Gasteiger partial charge in [-0.3, -0.25) is 4.79 Å². The predicted molar refractivity (Wildman–Crippen MR) is 63.3 cm³/mol. The van der Waals surface area contributed by atoms with Crippen molar-refractivity contribution >= 4 is 16.0 Å². The van der Waals surface area contributed by atoms with Crippen molar-refractivity contribution in [2.45, 2.75) is 17.5 Å². The number of nitrogens with one attached hydrogen (secondary N) is 1. The van der Waals surface area contributed by atoms with Gasteiger partial charge in [-0.25, -0.2) is 13.1 Å². The minimum atomic E-state index is -4.63. The second-order valence-corrected chi connectivity index (χ2v) is 5.52. The number of alkyl halides is 3. The molecule has 1 aromatic carbocycles. The molecule has 0 bridgehead atoms. The Balaban J connectivity index is 2.85. The Bertz CT molecular complexity index is 584. The maximum Gasteiger partial charge on any atom is 0.416 e. The number of carbonyl (C=O) groups is 1. The molecule has 0 aromatic heterocycles. The lowest BCUT2D eigenvalue weighted by Crippen LogP contribution is -2.26. The first kappa shape index (κ1) is 16.4. The highest BCUT2D eigenvalue weighted by Gasteiger charge is 2.31. The van der Waals surface area contributed by atoms with Crippen LogP contribution in [0.4, 0.5) is 13.2 Å². The largest absolute Gasteiger partial charge is 0.469 e. The number of benzene rings is 1. The number of hydrogen-bond donors (Lipinski definition) is 1. The van der Waals surface area contributed by atoms with Gasteiger partial charge in [-0.15, -0.1) is 0 Å². The lowest BCUT2D eigenvalue weighted by molar-refractivity contribution is -0.140. The van der Waals surface area contributed by atoms with Gasteiger partial charge in [0, 0.05) is 6.54 Å². The second-order valence-electron chi connectivity index (χ2n) is 3.75. The fourth-order valence-electron chi connectivity index (χ4n) is 1.31. The molecule has 0 heterocycles. The summed E-state index contributed by atoms with van der Waals surface area (Å²) >= 11 is 0. The zero-order chi connectivity index (χ0) is 15.4. The molecule has 1 N–H and O–H groups in total. The Hall–Kier alpha value is -1.61. The van der Waals surface area contributed by atoms with Gasteiger partial charge in [0.25, 0.3) is 0 Å². The number of halogens is 3. The monoisotopic (exact) mass is 311 g/mol. The van der Waals surface area contributed by atoms with Gasteiger partial charge >= 0.3 is 12.1 Å². The first-order chi connectivity index (χ1) is 9.16. The van der Waals surface area contributed by atoms with E-state index in [0.717, 1.165) is 25.3 Å².